The molecule has 1 aliphatic rings. The lowest BCUT2D eigenvalue weighted by Crippen LogP contribution is -2.31. The first kappa shape index (κ1) is 19.5. The van der Waals surface area contributed by atoms with E-state index in [4.69, 9.17) is 0 Å². The molecular formula is C24H19N7O. The fourth-order valence-electron chi connectivity index (χ4n) is 3.53. The van der Waals surface area contributed by atoms with E-state index in [2.05, 4.69) is 37.3 Å². The van der Waals surface area contributed by atoms with Gasteiger partial charge in [-0.3, -0.25) is 4.98 Å². The number of hydrogen-bond acceptors (Lipinski definition) is 5. The summed E-state index contributed by atoms with van der Waals surface area (Å²) in [5.74, 6) is 6.30. The van der Waals surface area contributed by atoms with Crippen molar-refractivity contribution in [2.45, 2.75) is 19.4 Å². The highest BCUT2D eigenvalue weighted by Crippen LogP contribution is 2.28. The number of carbonyl (C=O) groups is 1. The molecule has 0 saturated heterocycles. The third-order valence-electron chi connectivity index (χ3n) is 5.22. The van der Waals surface area contributed by atoms with Gasteiger partial charge in [0.25, 0.3) is 0 Å². The number of hydrazone groups is 1. The quantitative estimate of drug-likeness (QED) is 0.499. The number of rotatable bonds is 2. The van der Waals surface area contributed by atoms with Gasteiger partial charge in [0, 0.05) is 42.5 Å². The van der Waals surface area contributed by atoms with Gasteiger partial charge >= 0.3 is 6.03 Å². The zero-order valence-corrected chi connectivity index (χ0v) is 17.3. The number of imidazole rings is 1. The number of aromatic nitrogens is 4. The molecule has 156 valence electrons. The van der Waals surface area contributed by atoms with Crippen molar-refractivity contribution in [1.29, 1.82) is 0 Å². The molecule has 0 bridgehead atoms. The fourth-order valence-corrected chi connectivity index (χ4v) is 3.53. The smallest absolute Gasteiger partial charge is 0.306 e. The van der Waals surface area contributed by atoms with E-state index in [0.717, 1.165) is 22.3 Å². The molecule has 1 atom stereocenters. The van der Waals surface area contributed by atoms with E-state index < -0.39 is 0 Å². The number of amides is 2. The normalized spacial score (nSPS) is 14.9. The van der Waals surface area contributed by atoms with Gasteiger partial charge in [-0.15, -0.1) is 0 Å². The third kappa shape index (κ3) is 3.79. The van der Waals surface area contributed by atoms with E-state index in [0.29, 0.717) is 17.8 Å². The zero-order chi connectivity index (χ0) is 21.9. The first-order chi connectivity index (χ1) is 15.7. The van der Waals surface area contributed by atoms with Gasteiger partial charge in [0.15, 0.2) is 5.65 Å². The van der Waals surface area contributed by atoms with E-state index in [1.165, 1.54) is 5.01 Å². The molecule has 8 heteroatoms. The summed E-state index contributed by atoms with van der Waals surface area (Å²) in [6.07, 6.45) is 9.24. The molecule has 8 nitrogen and oxygen atoms in total. The lowest BCUT2D eigenvalue weighted by molar-refractivity contribution is 0.200. The Kier molecular flexibility index (Phi) is 5.06. The maximum atomic E-state index is 12.9. The molecule has 1 N–H and O–H groups in total. The van der Waals surface area contributed by atoms with E-state index in [1.807, 2.05) is 49.4 Å². The summed E-state index contributed by atoms with van der Waals surface area (Å²) >= 11 is 0. The molecule has 3 aromatic heterocycles. The molecule has 5 rings (SSSR count). The van der Waals surface area contributed by atoms with Crippen molar-refractivity contribution in [2.75, 3.05) is 5.32 Å². The minimum absolute atomic E-state index is 0.148. The monoisotopic (exact) mass is 421 g/mol. The second-order valence-corrected chi connectivity index (χ2v) is 7.32. The second-order valence-electron chi connectivity index (χ2n) is 7.32. The number of aryl methyl sites for hydroxylation is 1. The molecule has 4 aromatic rings. The fraction of sp³-hybridized carbons (Fsp3) is 0.125. The van der Waals surface area contributed by atoms with Crippen LogP contribution in [0.5, 0.6) is 0 Å². The molecule has 0 fully saturated rings. The largest absolute Gasteiger partial charge is 0.342 e. The van der Waals surface area contributed by atoms with Crippen LogP contribution < -0.4 is 5.32 Å². The number of nitrogens with one attached hydrogen (secondary N) is 1. The minimum atomic E-state index is -0.297. The van der Waals surface area contributed by atoms with Gasteiger partial charge in [-0.05, 0) is 60.4 Å². The molecule has 32 heavy (non-hydrogen) atoms. The highest BCUT2D eigenvalue weighted by molar-refractivity contribution is 5.91. The van der Waals surface area contributed by atoms with Gasteiger partial charge in [-0.1, -0.05) is 12.0 Å². The summed E-state index contributed by atoms with van der Waals surface area (Å²) in [6, 6.07) is 12.7. The Labute approximate surface area is 184 Å². The number of fused-ring (bicyclic) bond motifs is 1. The Balaban J connectivity index is 1.36. The summed E-state index contributed by atoms with van der Waals surface area (Å²) in [4.78, 5) is 21.3. The number of nitrogens with zero attached hydrogens (tertiary/aromatic N) is 6. The molecule has 1 aromatic carbocycles. The minimum Gasteiger partial charge on any atom is -0.306 e. The van der Waals surface area contributed by atoms with Crippen LogP contribution >= 0.6 is 0 Å². The maximum Gasteiger partial charge on any atom is 0.342 e. The molecule has 1 aliphatic heterocycles. The van der Waals surface area contributed by atoms with Crippen LogP contribution in [0.2, 0.25) is 0 Å². The van der Waals surface area contributed by atoms with Gasteiger partial charge in [-0.2, -0.15) is 10.2 Å². The molecule has 4 heterocycles. The van der Waals surface area contributed by atoms with E-state index in [9.17, 15) is 4.79 Å². The number of anilines is 1. The maximum absolute atomic E-state index is 12.9. The van der Waals surface area contributed by atoms with Crippen LogP contribution in [0.3, 0.4) is 0 Å². The molecule has 0 spiro atoms. The van der Waals surface area contributed by atoms with Crippen LogP contribution in [0, 0.1) is 18.8 Å². The zero-order valence-electron chi connectivity index (χ0n) is 17.3. The van der Waals surface area contributed by atoms with Crippen molar-refractivity contribution in [1.82, 2.24) is 24.6 Å². The van der Waals surface area contributed by atoms with Crippen molar-refractivity contribution in [3.8, 4) is 11.8 Å². The highest BCUT2D eigenvalue weighted by atomic mass is 16.2. The number of urea groups is 1. The lowest BCUT2D eigenvalue weighted by Gasteiger charge is -2.22. The Hall–Kier alpha value is -4.51. The van der Waals surface area contributed by atoms with Crippen LogP contribution in [-0.2, 0) is 0 Å². The Morgan fingerprint density at radius 3 is 2.88 bits per heavy atom. The topological polar surface area (TPSA) is 87.8 Å². The number of carbonyl (C=O) groups excluding carboxylic acids is 1. The molecular weight excluding hydrogens is 402 g/mol. The van der Waals surface area contributed by atoms with Crippen LogP contribution in [-0.4, -0.2) is 36.8 Å². The first-order valence-corrected chi connectivity index (χ1v) is 10.1. The summed E-state index contributed by atoms with van der Waals surface area (Å²) in [7, 11) is 0. The van der Waals surface area contributed by atoms with Gasteiger partial charge in [0.05, 0.1) is 12.2 Å². The number of hydrogen-bond donors (Lipinski definition) is 1. The van der Waals surface area contributed by atoms with Gasteiger partial charge in [0.1, 0.15) is 5.69 Å². The average molecular weight is 421 g/mol. The molecule has 0 saturated carbocycles. The molecule has 0 aliphatic carbocycles. The van der Waals surface area contributed by atoms with Crippen molar-refractivity contribution in [3.05, 3.63) is 89.6 Å². The SMILES string of the molecule is Cc1ccc(NC(=O)N2N=CCC2c2ccncc2)cc1C#Cc1cnc2cccnn12. The molecule has 2 amide bonds. The van der Waals surface area contributed by atoms with Crippen molar-refractivity contribution in [2.24, 2.45) is 5.10 Å². The Morgan fingerprint density at radius 2 is 2.00 bits per heavy atom. The summed E-state index contributed by atoms with van der Waals surface area (Å²) in [6.45, 7) is 1.98. The Bertz CT molecular complexity index is 1380. The van der Waals surface area contributed by atoms with Crippen LogP contribution in [0.15, 0.2) is 72.4 Å². The van der Waals surface area contributed by atoms with Gasteiger partial charge in [-0.25, -0.2) is 19.3 Å². The second kappa shape index (κ2) is 8.32. The van der Waals surface area contributed by atoms with E-state index in [1.54, 1.807) is 35.5 Å². The van der Waals surface area contributed by atoms with Gasteiger partial charge < -0.3 is 5.32 Å². The predicted molar refractivity (Wildman–Crippen MR) is 121 cm³/mol. The van der Waals surface area contributed by atoms with E-state index in [-0.39, 0.29) is 12.1 Å². The van der Waals surface area contributed by atoms with Crippen LogP contribution in [0.25, 0.3) is 5.65 Å². The molecule has 0 radical (unpaired) electrons. The predicted octanol–water partition coefficient (Wildman–Crippen LogP) is 3.80. The van der Waals surface area contributed by atoms with Crippen molar-refractivity contribution in [3.63, 3.8) is 0 Å². The Morgan fingerprint density at radius 1 is 1.12 bits per heavy atom. The van der Waals surface area contributed by atoms with Crippen LogP contribution in [0.1, 0.15) is 34.8 Å². The highest BCUT2D eigenvalue weighted by Gasteiger charge is 2.28. The first-order valence-electron chi connectivity index (χ1n) is 10.1. The summed E-state index contributed by atoms with van der Waals surface area (Å²) in [5.41, 5.74) is 4.89. The number of pyridine rings is 1. The average Bonchev–Trinajstić information content (AvgIpc) is 3.47. The summed E-state index contributed by atoms with van der Waals surface area (Å²) in [5, 5.41) is 12.9. The molecule has 1 unspecified atom stereocenters. The van der Waals surface area contributed by atoms with Gasteiger partial charge in [0.2, 0.25) is 0 Å². The standard InChI is InChI=1S/C24H19N7O/c1-17-4-6-20(15-19(17)5-7-21-16-26-23-3-2-11-27-30(21)23)29-24(32)31-22(10-14-28-31)18-8-12-25-13-9-18/h2-4,6,8-9,11-16,22H,10H2,1H3,(H,29,32). The van der Waals surface area contributed by atoms with Crippen LogP contribution in [0.4, 0.5) is 10.5 Å². The van der Waals surface area contributed by atoms with E-state index >= 15 is 0 Å². The van der Waals surface area contributed by atoms with Crippen molar-refractivity contribution >= 4 is 23.6 Å². The number of benzene rings is 1. The van der Waals surface area contributed by atoms with Crippen molar-refractivity contribution < 1.29 is 4.79 Å². The lowest BCUT2D eigenvalue weighted by atomic mass is 10.1. The third-order valence-corrected chi connectivity index (χ3v) is 5.22. The summed E-state index contributed by atoms with van der Waals surface area (Å²) < 4.78 is 1.69.